The molecule has 5 aliphatic rings. The van der Waals surface area contributed by atoms with Crippen LogP contribution in [0.15, 0.2) is 24.3 Å². The highest BCUT2D eigenvalue weighted by Gasteiger charge is 2.54. The number of amides is 2. The summed E-state index contributed by atoms with van der Waals surface area (Å²) in [6.07, 6.45) is 7.07. The number of hydrogen-bond donors (Lipinski definition) is 2. The van der Waals surface area contributed by atoms with Crippen LogP contribution in [-0.2, 0) is 22.7 Å². The van der Waals surface area contributed by atoms with Crippen molar-refractivity contribution in [3.63, 3.8) is 0 Å². The Balaban J connectivity index is 1.05. The number of hydrogen-bond acceptors (Lipinski definition) is 4. The summed E-state index contributed by atoms with van der Waals surface area (Å²) in [7, 11) is 2.18. The van der Waals surface area contributed by atoms with Crippen molar-refractivity contribution in [2.24, 2.45) is 23.2 Å². The minimum Gasteiger partial charge on any atom is -0.350 e. The van der Waals surface area contributed by atoms with Crippen molar-refractivity contribution in [3.8, 4) is 0 Å². The topological polar surface area (TPSA) is 64.7 Å². The van der Waals surface area contributed by atoms with Gasteiger partial charge in [-0.3, -0.25) is 14.5 Å². The first-order chi connectivity index (χ1) is 15.5. The monoisotopic (exact) mass is 438 g/mol. The maximum absolute atomic E-state index is 13.0. The fraction of sp³-hybridized carbons (Fsp3) is 0.692. The Morgan fingerprint density at radius 2 is 1.44 bits per heavy atom. The van der Waals surface area contributed by atoms with Crippen molar-refractivity contribution >= 4 is 11.8 Å². The number of piperazine rings is 1. The van der Waals surface area contributed by atoms with Crippen molar-refractivity contribution in [2.45, 2.75) is 51.6 Å². The SMILES string of the molecule is CN1CCN(Cc2ccc(CNC(=O)CNC(=O)C34CC5CC(CC(C5)C3)C4)cc2)CC1. The van der Waals surface area contributed by atoms with Gasteiger partial charge >= 0.3 is 0 Å². The largest absolute Gasteiger partial charge is 0.350 e. The first kappa shape index (κ1) is 21.9. The number of nitrogens with zero attached hydrogens (tertiary/aromatic N) is 2. The lowest BCUT2D eigenvalue weighted by Gasteiger charge is -2.55. The predicted molar refractivity (Wildman–Crippen MR) is 125 cm³/mol. The van der Waals surface area contributed by atoms with Gasteiger partial charge in [0.05, 0.1) is 6.54 Å². The van der Waals surface area contributed by atoms with Crippen molar-refractivity contribution < 1.29 is 9.59 Å². The Hall–Kier alpha value is -1.92. The van der Waals surface area contributed by atoms with Gasteiger partial charge in [0.15, 0.2) is 0 Å². The van der Waals surface area contributed by atoms with E-state index in [-0.39, 0.29) is 23.8 Å². The molecule has 1 aromatic carbocycles. The van der Waals surface area contributed by atoms with Crippen molar-refractivity contribution in [1.29, 1.82) is 0 Å². The summed E-state index contributed by atoms with van der Waals surface area (Å²) in [5, 5.41) is 5.94. The molecule has 1 saturated heterocycles. The number of carbonyl (C=O) groups excluding carboxylic acids is 2. The standard InChI is InChI=1S/C26H38N4O2/c1-29-6-8-30(9-7-29)18-20-4-2-19(3-5-20)16-27-24(31)17-28-25(32)26-13-21-10-22(14-26)12-23(11-21)15-26/h2-5,21-23H,6-18H2,1H3,(H,27,31)(H,28,32). The highest BCUT2D eigenvalue weighted by Crippen LogP contribution is 2.60. The zero-order valence-corrected chi connectivity index (χ0v) is 19.4. The van der Waals surface area contributed by atoms with Crippen LogP contribution >= 0.6 is 0 Å². The molecule has 2 amide bonds. The first-order valence-corrected chi connectivity index (χ1v) is 12.5. The van der Waals surface area contributed by atoms with Gasteiger partial charge in [-0.1, -0.05) is 24.3 Å². The van der Waals surface area contributed by atoms with Crippen LogP contribution in [0.25, 0.3) is 0 Å². The Labute approximate surface area is 192 Å². The highest BCUT2D eigenvalue weighted by atomic mass is 16.2. The zero-order valence-electron chi connectivity index (χ0n) is 19.4. The first-order valence-electron chi connectivity index (χ1n) is 12.5. The average molecular weight is 439 g/mol. The Morgan fingerprint density at radius 1 is 0.875 bits per heavy atom. The molecule has 0 aromatic heterocycles. The second kappa shape index (κ2) is 9.14. The van der Waals surface area contributed by atoms with E-state index in [1.54, 1.807) is 0 Å². The van der Waals surface area contributed by atoms with Gasteiger partial charge in [0.1, 0.15) is 0 Å². The number of nitrogens with one attached hydrogen (secondary N) is 2. The number of rotatable bonds is 7. The maximum Gasteiger partial charge on any atom is 0.239 e. The molecule has 1 aliphatic heterocycles. The number of carbonyl (C=O) groups is 2. The van der Waals surface area contributed by atoms with Crippen molar-refractivity contribution in [2.75, 3.05) is 39.8 Å². The van der Waals surface area contributed by atoms with E-state index in [0.29, 0.717) is 6.54 Å². The maximum atomic E-state index is 13.0. The van der Waals surface area contributed by atoms with Gasteiger partial charge in [0, 0.05) is 44.7 Å². The molecule has 0 spiro atoms. The molecule has 0 atom stereocenters. The van der Waals surface area contributed by atoms with Crippen LogP contribution in [0, 0.1) is 23.2 Å². The molecular formula is C26H38N4O2. The Morgan fingerprint density at radius 3 is 2.03 bits per heavy atom. The fourth-order valence-corrected chi connectivity index (χ4v) is 7.03. The van der Waals surface area contributed by atoms with E-state index in [1.165, 1.54) is 24.8 Å². The van der Waals surface area contributed by atoms with Crippen LogP contribution < -0.4 is 10.6 Å². The average Bonchev–Trinajstić information content (AvgIpc) is 2.77. The minimum atomic E-state index is -0.186. The van der Waals surface area contributed by atoms with Crippen LogP contribution in [0.1, 0.15) is 49.7 Å². The smallest absolute Gasteiger partial charge is 0.239 e. The number of likely N-dealkylation sites (N-methyl/N-ethyl adjacent to an activating group) is 1. The molecule has 2 N–H and O–H groups in total. The lowest BCUT2D eigenvalue weighted by molar-refractivity contribution is -0.147. The van der Waals surface area contributed by atoms with E-state index in [1.807, 2.05) is 0 Å². The molecule has 6 heteroatoms. The van der Waals surface area contributed by atoms with Gasteiger partial charge in [-0.25, -0.2) is 0 Å². The molecule has 4 saturated carbocycles. The quantitative estimate of drug-likeness (QED) is 0.686. The van der Waals surface area contributed by atoms with Gasteiger partial charge < -0.3 is 15.5 Å². The molecule has 0 radical (unpaired) electrons. The van der Waals surface area contributed by atoms with Gasteiger partial charge in [-0.15, -0.1) is 0 Å². The molecule has 1 heterocycles. The molecule has 32 heavy (non-hydrogen) atoms. The van der Waals surface area contributed by atoms with Gasteiger partial charge in [0.2, 0.25) is 11.8 Å². The van der Waals surface area contributed by atoms with Crippen LogP contribution in [0.2, 0.25) is 0 Å². The molecule has 5 fully saturated rings. The highest BCUT2D eigenvalue weighted by molar-refractivity contribution is 5.88. The van der Waals surface area contributed by atoms with Crippen molar-refractivity contribution in [1.82, 2.24) is 20.4 Å². The van der Waals surface area contributed by atoms with Crippen LogP contribution in [0.3, 0.4) is 0 Å². The summed E-state index contributed by atoms with van der Waals surface area (Å²) < 4.78 is 0. The third kappa shape index (κ3) is 4.86. The van der Waals surface area contributed by atoms with Crippen LogP contribution in [0.4, 0.5) is 0 Å². The van der Waals surface area contributed by atoms with Gasteiger partial charge in [0.25, 0.3) is 0 Å². The van der Waals surface area contributed by atoms with E-state index >= 15 is 0 Å². The normalized spacial score (nSPS) is 32.1. The molecule has 0 unspecified atom stereocenters. The molecule has 6 nitrogen and oxygen atoms in total. The van der Waals surface area contributed by atoms with Crippen molar-refractivity contribution in [3.05, 3.63) is 35.4 Å². The predicted octanol–water partition coefficient (Wildman–Crippen LogP) is 2.38. The molecule has 4 bridgehead atoms. The molecule has 6 rings (SSSR count). The molecule has 174 valence electrons. The van der Waals surface area contributed by atoms with E-state index in [4.69, 9.17) is 0 Å². The van der Waals surface area contributed by atoms with Crippen LogP contribution in [0.5, 0.6) is 0 Å². The van der Waals surface area contributed by atoms with E-state index < -0.39 is 0 Å². The summed E-state index contributed by atoms with van der Waals surface area (Å²) >= 11 is 0. The lowest BCUT2D eigenvalue weighted by atomic mass is 9.49. The van der Waals surface area contributed by atoms with Gasteiger partial charge in [-0.05, 0) is 74.5 Å². The van der Waals surface area contributed by atoms with E-state index in [0.717, 1.165) is 75.3 Å². The van der Waals surface area contributed by atoms with Gasteiger partial charge in [-0.2, -0.15) is 0 Å². The van der Waals surface area contributed by atoms with E-state index in [9.17, 15) is 9.59 Å². The second-order valence-corrected chi connectivity index (χ2v) is 11.1. The summed E-state index contributed by atoms with van der Waals surface area (Å²) in [6, 6.07) is 8.52. The third-order valence-electron chi connectivity index (χ3n) is 8.44. The van der Waals surface area contributed by atoms with Crippen LogP contribution in [-0.4, -0.2) is 61.4 Å². The molecule has 4 aliphatic carbocycles. The molecular weight excluding hydrogens is 400 g/mol. The van der Waals surface area contributed by atoms with E-state index in [2.05, 4.69) is 51.7 Å². The Bertz CT molecular complexity index is 793. The summed E-state index contributed by atoms with van der Waals surface area (Å²) in [6.45, 7) is 6.05. The molecule has 1 aromatic rings. The summed E-state index contributed by atoms with van der Waals surface area (Å²) in [5.41, 5.74) is 2.22. The summed E-state index contributed by atoms with van der Waals surface area (Å²) in [4.78, 5) is 30.2. The Kier molecular flexibility index (Phi) is 6.26. The summed E-state index contributed by atoms with van der Waals surface area (Å²) in [5.74, 6) is 2.23. The second-order valence-electron chi connectivity index (χ2n) is 11.1. The minimum absolute atomic E-state index is 0.0854. The fourth-order valence-electron chi connectivity index (χ4n) is 7.03. The third-order valence-corrected chi connectivity index (χ3v) is 8.44. The number of benzene rings is 1. The lowest BCUT2D eigenvalue weighted by Crippen LogP contribution is -2.54. The zero-order chi connectivity index (χ0) is 22.1.